The highest BCUT2D eigenvalue weighted by molar-refractivity contribution is 5.85. The number of benzene rings is 1. The second-order valence-corrected chi connectivity index (χ2v) is 4.76. The molecule has 0 bridgehead atoms. The van der Waals surface area contributed by atoms with E-state index in [9.17, 15) is 0 Å². The Labute approximate surface area is 113 Å². The molecule has 2 N–H and O–H groups in total. The van der Waals surface area contributed by atoms with Gasteiger partial charge in [0.1, 0.15) is 13.2 Å². The predicted octanol–water partition coefficient (Wildman–Crippen LogP) is 1.41. The molecule has 18 heavy (non-hydrogen) atoms. The molecule has 1 atom stereocenters. The van der Waals surface area contributed by atoms with E-state index in [0.717, 1.165) is 37.6 Å². The first-order chi connectivity index (χ1) is 8.31. The van der Waals surface area contributed by atoms with Gasteiger partial charge >= 0.3 is 0 Å². The molecule has 0 saturated carbocycles. The van der Waals surface area contributed by atoms with Gasteiger partial charge in [-0.15, -0.1) is 12.4 Å². The summed E-state index contributed by atoms with van der Waals surface area (Å²) in [4.78, 5) is 2.38. The van der Waals surface area contributed by atoms with E-state index >= 15 is 0 Å². The van der Waals surface area contributed by atoms with Gasteiger partial charge in [-0.25, -0.2) is 0 Å². The average molecular weight is 271 g/mol. The highest BCUT2D eigenvalue weighted by Gasteiger charge is 2.19. The first-order valence-electron chi connectivity index (χ1n) is 6.18. The van der Waals surface area contributed by atoms with Crippen molar-refractivity contribution < 1.29 is 9.47 Å². The number of nitrogens with two attached hydrogens (primary N) is 1. The largest absolute Gasteiger partial charge is 0.486 e. The molecular formula is C13H19ClN2O2. The molecule has 0 spiro atoms. The fourth-order valence-electron chi connectivity index (χ4n) is 2.45. The maximum Gasteiger partial charge on any atom is 0.161 e. The summed E-state index contributed by atoms with van der Waals surface area (Å²) >= 11 is 0. The minimum atomic E-state index is 0. The third-order valence-electron chi connectivity index (χ3n) is 3.32. The number of ether oxygens (including phenoxy) is 2. The summed E-state index contributed by atoms with van der Waals surface area (Å²) in [5.41, 5.74) is 7.17. The summed E-state index contributed by atoms with van der Waals surface area (Å²) in [7, 11) is 0. The van der Waals surface area contributed by atoms with Gasteiger partial charge in [0.2, 0.25) is 0 Å². The van der Waals surface area contributed by atoms with Crippen LogP contribution in [-0.4, -0.2) is 37.2 Å². The minimum absolute atomic E-state index is 0. The van der Waals surface area contributed by atoms with Crippen LogP contribution in [0.4, 0.5) is 0 Å². The molecule has 1 aromatic rings. The van der Waals surface area contributed by atoms with Gasteiger partial charge in [0.05, 0.1) is 0 Å². The van der Waals surface area contributed by atoms with Crippen molar-refractivity contribution in [2.75, 3.05) is 26.3 Å². The molecule has 1 saturated heterocycles. The van der Waals surface area contributed by atoms with Crippen molar-refractivity contribution in [2.24, 2.45) is 5.73 Å². The summed E-state index contributed by atoms with van der Waals surface area (Å²) < 4.78 is 11.1. The second-order valence-electron chi connectivity index (χ2n) is 4.76. The fraction of sp³-hybridized carbons (Fsp3) is 0.538. The van der Waals surface area contributed by atoms with Crippen LogP contribution < -0.4 is 15.2 Å². The highest BCUT2D eigenvalue weighted by atomic mass is 35.5. The van der Waals surface area contributed by atoms with E-state index in [1.807, 2.05) is 6.07 Å². The van der Waals surface area contributed by atoms with Crippen molar-refractivity contribution in [3.8, 4) is 11.5 Å². The number of nitrogens with zero attached hydrogens (tertiary/aromatic N) is 1. The van der Waals surface area contributed by atoms with Gasteiger partial charge in [-0.2, -0.15) is 0 Å². The number of hydrogen-bond donors (Lipinski definition) is 1. The quantitative estimate of drug-likeness (QED) is 0.883. The maximum absolute atomic E-state index is 5.90. The van der Waals surface area contributed by atoms with E-state index in [2.05, 4.69) is 17.0 Å². The summed E-state index contributed by atoms with van der Waals surface area (Å²) in [6.45, 7) is 4.33. The summed E-state index contributed by atoms with van der Waals surface area (Å²) in [5.74, 6) is 1.73. The second kappa shape index (κ2) is 5.78. The van der Waals surface area contributed by atoms with Crippen LogP contribution in [0.5, 0.6) is 11.5 Å². The molecule has 2 aliphatic rings. The zero-order valence-electron chi connectivity index (χ0n) is 10.3. The Hall–Kier alpha value is -0.970. The third-order valence-corrected chi connectivity index (χ3v) is 3.32. The number of rotatable bonds is 2. The smallest absolute Gasteiger partial charge is 0.161 e. The first-order valence-corrected chi connectivity index (χ1v) is 6.18. The summed E-state index contributed by atoms with van der Waals surface area (Å²) in [5, 5.41) is 0. The minimum Gasteiger partial charge on any atom is -0.486 e. The number of halogens is 1. The molecule has 0 radical (unpaired) electrons. The third kappa shape index (κ3) is 2.88. The van der Waals surface area contributed by atoms with Crippen molar-refractivity contribution in [1.82, 2.24) is 4.90 Å². The van der Waals surface area contributed by atoms with Crippen molar-refractivity contribution >= 4 is 12.4 Å². The Kier molecular flexibility index (Phi) is 4.32. The van der Waals surface area contributed by atoms with E-state index < -0.39 is 0 Å². The summed E-state index contributed by atoms with van der Waals surface area (Å²) in [6.07, 6.45) is 1.10. The summed E-state index contributed by atoms with van der Waals surface area (Å²) in [6, 6.07) is 6.53. The van der Waals surface area contributed by atoms with Crippen LogP contribution in [0.15, 0.2) is 18.2 Å². The van der Waals surface area contributed by atoms with Crippen molar-refractivity contribution in [3.63, 3.8) is 0 Å². The van der Waals surface area contributed by atoms with Crippen LogP contribution >= 0.6 is 12.4 Å². The first kappa shape index (κ1) is 13.5. The molecule has 2 heterocycles. The zero-order chi connectivity index (χ0) is 11.7. The van der Waals surface area contributed by atoms with Crippen molar-refractivity contribution in [3.05, 3.63) is 23.8 Å². The molecule has 1 unspecified atom stereocenters. The van der Waals surface area contributed by atoms with Gasteiger partial charge in [-0.1, -0.05) is 6.07 Å². The number of likely N-dealkylation sites (tertiary alicyclic amines) is 1. The molecule has 1 aromatic carbocycles. The lowest BCUT2D eigenvalue weighted by molar-refractivity contribution is 0.171. The molecule has 5 heteroatoms. The van der Waals surface area contributed by atoms with E-state index in [1.54, 1.807) is 0 Å². The molecule has 3 rings (SSSR count). The molecular weight excluding hydrogens is 252 g/mol. The lowest BCUT2D eigenvalue weighted by Gasteiger charge is -2.20. The number of fused-ring (bicyclic) bond motifs is 1. The molecule has 4 nitrogen and oxygen atoms in total. The SMILES string of the molecule is Cl.NC1CCN(Cc2ccc3c(c2)OCCO3)C1. The maximum atomic E-state index is 5.90. The van der Waals surface area contributed by atoms with Gasteiger partial charge in [0, 0.05) is 25.7 Å². The van der Waals surface area contributed by atoms with Gasteiger partial charge in [-0.3, -0.25) is 4.90 Å². The van der Waals surface area contributed by atoms with Crippen LogP contribution in [0.1, 0.15) is 12.0 Å². The van der Waals surface area contributed by atoms with E-state index in [0.29, 0.717) is 19.3 Å². The van der Waals surface area contributed by atoms with Crippen molar-refractivity contribution in [1.29, 1.82) is 0 Å². The Morgan fingerprint density at radius 3 is 2.72 bits per heavy atom. The molecule has 0 aliphatic carbocycles. The van der Waals surface area contributed by atoms with Crippen LogP contribution in [0.3, 0.4) is 0 Å². The van der Waals surface area contributed by atoms with Gasteiger partial charge in [0.15, 0.2) is 11.5 Å². The molecule has 2 aliphatic heterocycles. The zero-order valence-corrected chi connectivity index (χ0v) is 11.1. The van der Waals surface area contributed by atoms with Crippen LogP contribution in [0, 0.1) is 0 Å². The van der Waals surface area contributed by atoms with Gasteiger partial charge in [-0.05, 0) is 24.1 Å². The molecule has 1 fully saturated rings. The van der Waals surface area contributed by atoms with Crippen LogP contribution in [0.25, 0.3) is 0 Å². The fourth-order valence-corrected chi connectivity index (χ4v) is 2.45. The Balaban J connectivity index is 0.00000120. The normalized spacial score (nSPS) is 22.6. The van der Waals surface area contributed by atoms with Crippen LogP contribution in [-0.2, 0) is 6.54 Å². The molecule has 0 amide bonds. The number of hydrogen-bond acceptors (Lipinski definition) is 4. The monoisotopic (exact) mass is 270 g/mol. The highest BCUT2D eigenvalue weighted by Crippen LogP contribution is 2.31. The van der Waals surface area contributed by atoms with Gasteiger partial charge < -0.3 is 15.2 Å². The molecule has 100 valence electrons. The Morgan fingerprint density at radius 1 is 1.22 bits per heavy atom. The van der Waals surface area contributed by atoms with Crippen LogP contribution in [0.2, 0.25) is 0 Å². The standard InChI is InChI=1S/C13H18N2O2.ClH/c14-11-3-4-15(9-11)8-10-1-2-12-13(7-10)17-6-5-16-12;/h1-2,7,11H,3-6,8-9,14H2;1H. The van der Waals surface area contributed by atoms with Crippen molar-refractivity contribution in [2.45, 2.75) is 19.0 Å². The van der Waals surface area contributed by atoms with Gasteiger partial charge in [0.25, 0.3) is 0 Å². The van der Waals surface area contributed by atoms with E-state index in [4.69, 9.17) is 15.2 Å². The topological polar surface area (TPSA) is 47.7 Å². The lowest BCUT2D eigenvalue weighted by Crippen LogP contribution is -2.26. The van der Waals surface area contributed by atoms with E-state index in [-0.39, 0.29) is 12.4 Å². The van der Waals surface area contributed by atoms with E-state index in [1.165, 1.54) is 5.56 Å². The lowest BCUT2D eigenvalue weighted by atomic mass is 10.2. The Bertz CT molecular complexity index is 414. The Morgan fingerprint density at radius 2 is 2.00 bits per heavy atom. The average Bonchev–Trinajstić information content (AvgIpc) is 2.75. The predicted molar refractivity (Wildman–Crippen MR) is 72.5 cm³/mol. The molecule has 0 aromatic heterocycles.